The van der Waals surface area contributed by atoms with E-state index in [0.29, 0.717) is 43.2 Å². The molecule has 1 aromatic rings. The molecule has 4 nitrogen and oxygen atoms in total. The van der Waals surface area contributed by atoms with E-state index in [1.807, 2.05) is 19.9 Å². The van der Waals surface area contributed by atoms with Crippen molar-refractivity contribution >= 4 is 5.78 Å². The number of ether oxygens (including phenoxy) is 2. The third-order valence-corrected chi connectivity index (χ3v) is 3.26. The molecule has 1 aliphatic heterocycles. The molecule has 0 unspecified atom stereocenters. The van der Waals surface area contributed by atoms with Gasteiger partial charge < -0.3 is 15.2 Å². The lowest BCUT2D eigenvalue weighted by molar-refractivity contribution is 0.0934. The molecule has 0 saturated heterocycles. The molecular weight excluding hydrogens is 242 g/mol. The zero-order chi connectivity index (χ0) is 13.9. The van der Waals surface area contributed by atoms with E-state index in [4.69, 9.17) is 15.2 Å². The summed E-state index contributed by atoms with van der Waals surface area (Å²) in [6, 6.07) is 5.38. The summed E-state index contributed by atoms with van der Waals surface area (Å²) in [6.45, 7) is 5.75. The molecule has 0 aliphatic carbocycles. The molecule has 4 heteroatoms. The van der Waals surface area contributed by atoms with Crippen molar-refractivity contribution in [3.63, 3.8) is 0 Å². The number of benzene rings is 1. The smallest absolute Gasteiger partial charge is 0.163 e. The highest BCUT2D eigenvalue weighted by Crippen LogP contribution is 2.31. The van der Waals surface area contributed by atoms with Gasteiger partial charge in [0.25, 0.3) is 0 Å². The lowest BCUT2D eigenvalue weighted by Gasteiger charge is -2.21. The van der Waals surface area contributed by atoms with Crippen LogP contribution in [0.5, 0.6) is 11.5 Å². The predicted octanol–water partition coefficient (Wildman–Crippen LogP) is 2.41. The van der Waals surface area contributed by atoms with Crippen LogP contribution >= 0.6 is 0 Å². The van der Waals surface area contributed by atoms with Crippen molar-refractivity contribution in [1.82, 2.24) is 0 Å². The molecule has 2 rings (SSSR count). The Morgan fingerprint density at radius 3 is 2.63 bits per heavy atom. The molecule has 2 N–H and O–H groups in total. The lowest BCUT2D eigenvalue weighted by atomic mass is 9.86. The Morgan fingerprint density at radius 1 is 1.26 bits per heavy atom. The van der Waals surface area contributed by atoms with Crippen LogP contribution in [0, 0.1) is 5.41 Å². The number of rotatable bonds is 4. The molecule has 0 atom stereocenters. The second kappa shape index (κ2) is 5.61. The van der Waals surface area contributed by atoms with Crippen molar-refractivity contribution in [2.45, 2.75) is 26.7 Å². The van der Waals surface area contributed by atoms with Gasteiger partial charge in [-0.3, -0.25) is 4.79 Å². The minimum atomic E-state index is -0.179. The van der Waals surface area contributed by atoms with E-state index in [0.717, 1.165) is 6.42 Å². The molecular formula is C15H21NO3. The van der Waals surface area contributed by atoms with Crippen LogP contribution in [0.4, 0.5) is 0 Å². The molecule has 1 aliphatic rings. The molecule has 0 saturated carbocycles. The summed E-state index contributed by atoms with van der Waals surface area (Å²) >= 11 is 0. The van der Waals surface area contributed by atoms with Crippen LogP contribution in [0.15, 0.2) is 18.2 Å². The van der Waals surface area contributed by atoms with Crippen molar-refractivity contribution in [1.29, 1.82) is 0 Å². The summed E-state index contributed by atoms with van der Waals surface area (Å²) in [5, 5.41) is 0. The summed E-state index contributed by atoms with van der Waals surface area (Å²) in [4.78, 5) is 12.2. The van der Waals surface area contributed by atoms with Crippen molar-refractivity contribution in [2.24, 2.45) is 11.1 Å². The number of hydrogen-bond acceptors (Lipinski definition) is 4. The Hall–Kier alpha value is -1.55. The monoisotopic (exact) mass is 263 g/mol. The fourth-order valence-corrected chi connectivity index (χ4v) is 1.95. The zero-order valence-electron chi connectivity index (χ0n) is 11.6. The van der Waals surface area contributed by atoms with Crippen molar-refractivity contribution in [3.05, 3.63) is 23.8 Å². The van der Waals surface area contributed by atoms with Gasteiger partial charge in [0.2, 0.25) is 0 Å². The lowest BCUT2D eigenvalue weighted by Crippen LogP contribution is -2.26. The molecule has 0 amide bonds. The third kappa shape index (κ3) is 3.47. The first kappa shape index (κ1) is 13.9. The molecule has 1 aromatic carbocycles. The number of fused-ring (bicyclic) bond motifs is 1. The number of Topliss-reactive ketones (excluding diaryl/α,β-unsaturated/α-hetero) is 1. The van der Waals surface area contributed by atoms with Crippen LogP contribution in [-0.2, 0) is 0 Å². The van der Waals surface area contributed by atoms with Crippen molar-refractivity contribution in [3.8, 4) is 11.5 Å². The van der Waals surface area contributed by atoms with Gasteiger partial charge in [0.05, 0.1) is 13.2 Å². The first-order valence-electron chi connectivity index (χ1n) is 6.65. The van der Waals surface area contributed by atoms with Gasteiger partial charge in [-0.15, -0.1) is 0 Å². The largest absolute Gasteiger partial charge is 0.490 e. The van der Waals surface area contributed by atoms with E-state index in [-0.39, 0.29) is 11.2 Å². The Labute approximate surface area is 113 Å². The number of hydrogen-bond donors (Lipinski definition) is 1. The first-order chi connectivity index (χ1) is 9.02. The molecule has 0 aromatic heterocycles. The van der Waals surface area contributed by atoms with E-state index in [2.05, 4.69) is 0 Å². The quantitative estimate of drug-likeness (QED) is 0.847. The van der Waals surface area contributed by atoms with E-state index in [9.17, 15) is 4.79 Å². The Bertz CT molecular complexity index is 468. The van der Waals surface area contributed by atoms with Crippen LogP contribution in [0.1, 0.15) is 37.0 Å². The Balaban J connectivity index is 2.17. The van der Waals surface area contributed by atoms with E-state index in [1.54, 1.807) is 12.1 Å². The summed E-state index contributed by atoms with van der Waals surface area (Å²) in [5.74, 6) is 1.46. The third-order valence-electron chi connectivity index (χ3n) is 3.26. The molecule has 0 fully saturated rings. The van der Waals surface area contributed by atoms with Gasteiger partial charge in [0.1, 0.15) is 0 Å². The van der Waals surface area contributed by atoms with Gasteiger partial charge in [0.15, 0.2) is 17.3 Å². The average molecular weight is 263 g/mol. The van der Waals surface area contributed by atoms with Gasteiger partial charge >= 0.3 is 0 Å². The minimum Gasteiger partial charge on any atom is -0.490 e. The standard InChI is InChI=1S/C15H21NO3/c1-15(2,10-16)9-12(17)11-4-5-13-14(8-11)19-7-3-6-18-13/h4-5,8H,3,6-7,9-10,16H2,1-2H3. The predicted molar refractivity (Wildman–Crippen MR) is 73.8 cm³/mol. The number of carbonyl (C=O) groups is 1. The van der Waals surface area contributed by atoms with Gasteiger partial charge in [0, 0.05) is 18.4 Å². The van der Waals surface area contributed by atoms with Crippen molar-refractivity contribution in [2.75, 3.05) is 19.8 Å². The number of carbonyl (C=O) groups excluding carboxylic acids is 1. The van der Waals surface area contributed by atoms with Gasteiger partial charge in [-0.05, 0) is 30.2 Å². The summed E-state index contributed by atoms with van der Waals surface area (Å²) in [6.07, 6.45) is 1.29. The highest BCUT2D eigenvalue weighted by atomic mass is 16.5. The van der Waals surface area contributed by atoms with Crippen LogP contribution < -0.4 is 15.2 Å². The summed E-state index contributed by atoms with van der Waals surface area (Å²) < 4.78 is 11.1. The van der Waals surface area contributed by atoms with Crippen LogP contribution in [0.3, 0.4) is 0 Å². The average Bonchev–Trinajstić information content (AvgIpc) is 2.62. The van der Waals surface area contributed by atoms with Crippen LogP contribution in [0.25, 0.3) is 0 Å². The van der Waals surface area contributed by atoms with E-state index < -0.39 is 0 Å². The fraction of sp³-hybridized carbons (Fsp3) is 0.533. The van der Waals surface area contributed by atoms with Crippen LogP contribution in [-0.4, -0.2) is 25.5 Å². The Kier molecular flexibility index (Phi) is 4.10. The second-order valence-electron chi connectivity index (χ2n) is 5.68. The molecule has 0 radical (unpaired) electrons. The van der Waals surface area contributed by atoms with E-state index in [1.165, 1.54) is 0 Å². The number of nitrogens with two attached hydrogens (primary N) is 1. The normalized spacial score (nSPS) is 14.9. The zero-order valence-corrected chi connectivity index (χ0v) is 11.6. The molecule has 104 valence electrons. The first-order valence-corrected chi connectivity index (χ1v) is 6.65. The van der Waals surface area contributed by atoms with Gasteiger partial charge in [-0.1, -0.05) is 13.8 Å². The SMILES string of the molecule is CC(C)(CN)CC(=O)c1ccc2c(c1)OCCCO2. The summed E-state index contributed by atoms with van der Waals surface area (Å²) in [5.41, 5.74) is 6.15. The molecule has 0 spiro atoms. The maximum atomic E-state index is 12.2. The van der Waals surface area contributed by atoms with E-state index >= 15 is 0 Å². The molecule has 19 heavy (non-hydrogen) atoms. The molecule has 0 bridgehead atoms. The van der Waals surface area contributed by atoms with Gasteiger partial charge in [-0.2, -0.15) is 0 Å². The minimum absolute atomic E-state index is 0.0890. The van der Waals surface area contributed by atoms with Gasteiger partial charge in [-0.25, -0.2) is 0 Å². The maximum Gasteiger partial charge on any atom is 0.163 e. The fourth-order valence-electron chi connectivity index (χ4n) is 1.95. The van der Waals surface area contributed by atoms with Crippen molar-refractivity contribution < 1.29 is 14.3 Å². The highest BCUT2D eigenvalue weighted by Gasteiger charge is 2.22. The van der Waals surface area contributed by atoms with Crippen LogP contribution in [0.2, 0.25) is 0 Å². The highest BCUT2D eigenvalue weighted by molar-refractivity contribution is 5.97. The topological polar surface area (TPSA) is 61.6 Å². The number of ketones is 1. The maximum absolute atomic E-state index is 12.2. The second-order valence-corrected chi connectivity index (χ2v) is 5.68. The Morgan fingerprint density at radius 2 is 1.95 bits per heavy atom. The molecule has 1 heterocycles. The summed E-state index contributed by atoms with van der Waals surface area (Å²) in [7, 11) is 0.